The van der Waals surface area contributed by atoms with Crippen LogP contribution in [0.25, 0.3) is 33.4 Å². The number of rotatable bonds is 9. The number of anilines is 4. The van der Waals surface area contributed by atoms with Crippen molar-refractivity contribution >= 4 is 43.9 Å². The Morgan fingerprint density at radius 1 is 1.00 bits per heavy atom. The number of piperazine rings is 1. The molecule has 0 aliphatic carbocycles. The second-order valence-electron chi connectivity index (χ2n) is 10.7. The summed E-state index contributed by atoms with van der Waals surface area (Å²) in [5, 5.41) is 4.11. The fourth-order valence-electron chi connectivity index (χ4n) is 5.48. The maximum absolute atomic E-state index is 16.1. The number of nitrogens with zero attached hydrogens (tertiary/aromatic N) is 5. The molecule has 0 spiro atoms. The first-order chi connectivity index (χ1) is 21.3. The maximum atomic E-state index is 16.1. The van der Waals surface area contributed by atoms with Crippen molar-refractivity contribution in [2.45, 2.75) is 6.42 Å². The van der Waals surface area contributed by atoms with Crippen molar-refractivity contribution < 1.29 is 21.9 Å². The van der Waals surface area contributed by atoms with Crippen LogP contribution in [0.1, 0.15) is 6.42 Å². The highest BCUT2D eigenvalue weighted by Gasteiger charge is 2.25. The quantitative estimate of drug-likeness (QED) is 0.254. The Bertz CT molecular complexity index is 1750. The third kappa shape index (κ3) is 6.37. The van der Waals surface area contributed by atoms with Crippen molar-refractivity contribution in [2.75, 3.05) is 85.2 Å². The number of ether oxygens (including phenoxy) is 1. The number of benzene rings is 2. The first-order valence-electron chi connectivity index (χ1n) is 14.5. The summed E-state index contributed by atoms with van der Waals surface area (Å²) < 4.78 is 61.6. The molecule has 11 nitrogen and oxygen atoms in total. The van der Waals surface area contributed by atoms with Gasteiger partial charge < -0.3 is 25.6 Å². The Hall–Kier alpha value is -4.14. The van der Waals surface area contributed by atoms with E-state index in [1.165, 1.54) is 6.07 Å². The highest BCUT2D eigenvalue weighted by Crippen LogP contribution is 2.39. The number of hydrogen-bond donors (Lipinski definition) is 3. The minimum Gasteiger partial charge on any atom is -0.384 e. The minimum absolute atomic E-state index is 0.173. The zero-order valence-electron chi connectivity index (χ0n) is 24.1. The summed E-state index contributed by atoms with van der Waals surface area (Å²) in [5.74, 6) is 0.407. The van der Waals surface area contributed by atoms with Crippen LogP contribution in [0.15, 0.2) is 48.7 Å². The molecule has 0 bridgehead atoms. The van der Waals surface area contributed by atoms with Crippen LogP contribution < -0.4 is 25.6 Å². The summed E-state index contributed by atoms with van der Waals surface area (Å²) in [6.07, 6.45) is 1.47. The molecule has 4 N–H and O–H groups in total. The second kappa shape index (κ2) is 12.8. The van der Waals surface area contributed by atoms with Crippen molar-refractivity contribution in [1.29, 1.82) is 0 Å². The van der Waals surface area contributed by atoms with Crippen molar-refractivity contribution in [3.05, 3.63) is 54.5 Å². The number of morpholine rings is 1. The summed E-state index contributed by atoms with van der Waals surface area (Å²) >= 11 is 0. The van der Waals surface area contributed by atoms with E-state index in [4.69, 9.17) is 20.4 Å². The maximum Gasteiger partial charge on any atom is 0.232 e. The third-order valence-electron chi connectivity index (χ3n) is 7.69. The number of hydrogen-bond acceptors (Lipinski definition) is 10. The molecule has 0 amide bonds. The molecule has 0 atom stereocenters. The summed E-state index contributed by atoms with van der Waals surface area (Å²) in [6, 6.07) is 11.9. The smallest absolute Gasteiger partial charge is 0.232 e. The molecule has 2 aromatic carbocycles. The monoisotopic (exact) mass is 624 g/mol. The lowest BCUT2D eigenvalue weighted by Gasteiger charge is -2.32. The zero-order chi connectivity index (χ0) is 30.7. The summed E-state index contributed by atoms with van der Waals surface area (Å²) in [7, 11) is -3.93. The van der Waals surface area contributed by atoms with Gasteiger partial charge in [0.1, 0.15) is 11.6 Å². The Morgan fingerprint density at radius 2 is 1.80 bits per heavy atom. The van der Waals surface area contributed by atoms with E-state index in [2.05, 4.69) is 24.8 Å². The Kier molecular flexibility index (Phi) is 8.73. The molecule has 14 heteroatoms. The van der Waals surface area contributed by atoms with Gasteiger partial charge in [-0.2, -0.15) is 0 Å². The molecule has 44 heavy (non-hydrogen) atoms. The largest absolute Gasteiger partial charge is 0.384 e. The van der Waals surface area contributed by atoms with Gasteiger partial charge in [-0.05, 0) is 42.3 Å². The highest BCUT2D eigenvalue weighted by molar-refractivity contribution is 7.92. The average molecular weight is 625 g/mol. The molecule has 232 valence electrons. The molecule has 2 aromatic heterocycles. The van der Waals surface area contributed by atoms with E-state index in [0.29, 0.717) is 73.5 Å². The van der Waals surface area contributed by atoms with Gasteiger partial charge in [0.05, 0.1) is 42.5 Å². The average Bonchev–Trinajstić information content (AvgIpc) is 3.05. The van der Waals surface area contributed by atoms with Crippen LogP contribution in [0.3, 0.4) is 0 Å². The molecule has 4 heterocycles. The molecule has 0 saturated carbocycles. The summed E-state index contributed by atoms with van der Waals surface area (Å²) in [6.45, 7) is 4.49. The van der Waals surface area contributed by atoms with E-state index >= 15 is 4.39 Å². The lowest BCUT2D eigenvalue weighted by atomic mass is 9.99. The van der Waals surface area contributed by atoms with Crippen molar-refractivity contribution in [1.82, 2.24) is 20.3 Å². The predicted octanol–water partition coefficient (Wildman–Crippen LogP) is 3.43. The van der Waals surface area contributed by atoms with Gasteiger partial charge in [0.15, 0.2) is 11.6 Å². The van der Waals surface area contributed by atoms with E-state index < -0.39 is 28.3 Å². The van der Waals surface area contributed by atoms with Crippen LogP contribution >= 0.6 is 0 Å². The Morgan fingerprint density at radius 3 is 2.52 bits per heavy atom. The van der Waals surface area contributed by atoms with E-state index in [-0.39, 0.29) is 17.7 Å². The molecule has 2 aliphatic heterocycles. The molecular formula is C30H34F2N8O3S. The van der Waals surface area contributed by atoms with Crippen LogP contribution in [0.4, 0.5) is 31.8 Å². The number of alkyl halides is 1. The fraction of sp³-hybridized carbons (Fsp3) is 0.367. The van der Waals surface area contributed by atoms with Gasteiger partial charge >= 0.3 is 0 Å². The third-order valence-corrected chi connectivity index (χ3v) is 9.05. The van der Waals surface area contributed by atoms with E-state index in [0.717, 1.165) is 24.2 Å². The Labute approximate surface area is 254 Å². The van der Waals surface area contributed by atoms with Crippen LogP contribution in [-0.4, -0.2) is 88.3 Å². The van der Waals surface area contributed by atoms with Gasteiger partial charge in [0.25, 0.3) is 0 Å². The van der Waals surface area contributed by atoms with Crippen LogP contribution in [-0.2, 0) is 14.8 Å². The fourth-order valence-corrected chi connectivity index (χ4v) is 6.56. The highest BCUT2D eigenvalue weighted by atomic mass is 32.2. The van der Waals surface area contributed by atoms with E-state index in [1.807, 2.05) is 18.2 Å². The van der Waals surface area contributed by atoms with Crippen LogP contribution in [0, 0.1) is 5.82 Å². The van der Waals surface area contributed by atoms with Gasteiger partial charge in [-0.3, -0.25) is 9.11 Å². The summed E-state index contributed by atoms with van der Waals surface area (Å²) in [4.78, 5) is 18.6. The summed E-state index contributed by atoms with van der Waals surface area (Å²) in [5.41, 5.74) is 8.65. The number of sulfonamides is 1. The zero-order valence-corrected chi connectivity index (χ0v) is 24.9. The van der Waals surface area contributed by atoms with E-state index in [1.54, 1.807) is 24.4 Å². The number of nitrogen functional groups attached to an aromatic ring is 1. The first kappa shape index (κ1) is 29.9. The number of halogens is 2. The Balaban J connectivity index is 1.55. The van der Waals surface area contributed by atoms with Gasteiger partial charge in [-0.25, -0.2) is 27.8 Å². The SMILES string of the molecule is Nc1ccc(-c2nc(N3CCOCC3)c3cc(-c4cccc(NS(=O)(=O)CCCF)c4F)cc(N4CCNCC4)c3n2)cn1. The molecule has 2 fully saturated rings. The van der Waals surface area contributed by atoms with Crippen molar-refractivity contribution in [3.63, 3.8) is 0 Å². The molecule has 2 aliphatic rings. The standard InChI is InChI=1S/C30H34F2N8O3S/c31-7-2-16-44(41,42)38-24-4-1-3-22(27(24)32)21-17-23-28(25(18-21)39-10-8-34-9-11-39)36-29(20-5-6-26(33)35-19-20)37-30(23)40-12-14-43-15-13-40/h1,3-6,17-19,34,38H,2,7-16H2,(H2,33,35). The number of nitrogens with two attached hydrogens (primary N) is 1. The van der Waals surface area contributed by atoms with Crippen LogP contribution in [0.5, 0.6) is 0 Å². The van der Waals surface area contributed by atoms with Crippen LogP contribution in [0.2, 0.25) is 0 Å². The number of nitrogens with one attached hydrogen (secondary N) is 2. The second-order valence-corrected chi connectivity index (χ2v) is 12.5. The van der Waals surface area contributed by atoms with Gasteiger partial charge in [-0.1, -0.05) is 12.1 Å². The van der Waals surface area contributed by atoms with Gasteiger partial charge in [0, 0.05) is 62.0 Å². The topological polar surface area (TPSA) is 139 Å². The lowest BCUT2D eigenvalue weighted by Crippen LogP contribution is -2.43. The minimum atomic E-state index is -3.93. The molecule has 0 radical (unpaired) electrons. The molecule has 4 aromatic rings. The number of pyridine rings is 1. The van der Waals surface area contributed by atoms with Crippen molar-refractivity contribution in [2.24, 2.45) is 0 Å². The molecular weight excluding hydrogens is 590 g/mol. The first-order valence-corrected chi connectivity index (χ1v) is 16.2. The van der Waals surface area contributed by atoms with Gasteiger partial charge in [0.2, 0.25) is 10.0 Å². The molecule has 6 rings (SSSR count). The number of fused-ring (bicyclic) bond motifs is 1. The number of aromatic nitrogens is 3. The van der Waals surface area contributed by atoms with E-state index in [9.17, 15) is 12.8 Å². The predicted molar refractivity (Wildman–Crippen MR) is 169 cm³/mol. The van der Waals surface area contributed by atoms with Crippen molar-refractivity contribution in [3.8, 4) is 22.5 Å². The lowest BCUT2D eigenvalue weighted by molar-refractivity contribution is 0.122. The molecule has 2 saturated heterocycles. The normalized spacial score (nSPS) is 16.0. The molecule has 0 unspecified atom stereocenters. The van der Waals surface area contributed by atoms with Gasteiger partial charge in [-0.15, -0.1) is 0 Å².